The van der Waals surface area contributed by atoms with Gasteiger partial charge < -0.3 is 19.9 Å². The lowest BCUT2D eigenvalue weighted by molar-refractivity contribution is 0.213. The zero-order valence-electron chi connectivity index (χ0n) is 12.4. The van der Waals surface area contributed by atoms with Gasteiger partial charge in [0, 0.05) is 12.6 Å². The molecule has 4 heteroatoms. The van der Waals surface area contributed by atoms with Gasteiger partial charge in [0.1, 0.15) is 23.4 Å². The minimum absolute atomic E-state index is 0.201. The maximum absolute atomic E-state index is 5.96. The van der Waals surface area contributed by atoms with Gasteiger partial charge in [0.25, 0.3) is 0 Å². The molecule has 1 atom stereocenters. The second-order valence-electron chi connectivity index (χ2n) is 4.52. The summed E-state index contributed by atoms with van der Waals surface area (Å²) in [5.74, 6) is 2.35. The monoisotopic (exact) mass is 287 g/mol. The first-order valence-corrected chi connectivity index (χ1v) is 7.00. The van der Waals surface area contributed by atoms with Crippen molar-refractivity contribution in [2.75, 3.05) is 20.3 Å². The van der Waals surface area contributed by atoms with Crippen molar-refractivity contribution in [2.24, 2.45) is 5.73 Å². The fraction of sp³-hybridized carbons (Fsp3) is 0.294. The van der Waals surface area contributed by atoms with Gasteiger partial charge in [-0.25, -0.2) is 0 Å². The number of methoxy groups -OCH3 is 1. The van der Waals surface area contributed by atoms with Gasteiger partial charge in [0.05, 0.1) is 13.7 Å². The molecular formula is C17H21NO3. The molecule has 0 amide bonds. The number of rotatable bonds is 7. The molecular weight excluding hydrogens is 266 g/mol. The first-order chi connectivity index (χ1) is 10.3. The topological polar surface area (TPSA) is 53.7 Å². The lowest BCUT2D eigenvalue weighted by atomic mass is 10.1. The van der Waals surface area contributed by atoms with Gasteiger partial charge >= 0.3 is 0 Å². The lowest BCUT2D eigenvalue weighted by Crippen LogP contribution is -2.18. The summed E-state index contributed by atoms with van der Waals surface area (Å²) in [4.78, 5) is 0. The molecule has 0 bridgehead atoms. The van der Waals surface area contributed by atoms with Crippen molar-refractivity contribution >= 4 is 0 Å². The highest BCUT2D eigenvalue weighted by atomic mass is 16.5. The normalized spacial score (nSPS) is 11.8. The molecule has 0 fully saturated rings. The van der Waals surface area contributed by atoms with Gasteiger partial charge in [-0.2, -0.15) is 0 Å². The summed E-state index contributed by atoms with van der Waals surface area (Å²) in [6.07, 6.45) is -0.201. The van der Waals surface area contributed by atoms with Crippen LogP contribution in [0.1, 0.15) is 18.6 Å². The van der Waals surface area contributed by atoms with Crippen LogP contribution in [-0.2, 0) is 0 Å². The van der Waals surface area contributed by atoms with Crippen molar-refractivity contribution in [1.82, 2.24) is 0 Å². The lowest BCUT2D eigenvalue weighted by Gasteiger charge is -2.18. The smallest absolute Gasteiger partial charge is 0.136 e. The van der Waals surface area contributed by atoms with Crippen LogP contribution in [0.2, 0.25) is 0 Å². The van der Waals surface area contributed by atoms with Crippen LogP contribution in [0.3, 0.4) is 0 Å². The minimum Gasteiger partial charge on any atom is -0.497 e. The molecule has 2 aromatic carbocycles. The molecule has 0 radical (unpaired) electrons. The SMILES string of the molecule is CCOc1cccc(OC(CN)c2ccc(OC)cc2)c1. The van der Waals surface area contributed by atoms with Crippen molar-refractivity contribution in [3.63, 3.8) is 0 Å². The summed E-state index contributed by atoms with van der Waals surface area (Å²) in [6, 6.07) is 15.3. The highest BCUT2D eigenvalue weighted by molar-refractivity contribution is 5.34. The predicted molar refractivity (Wildman–Crippen MR) is 83.0 cm³/mol. The molecule has 112 valence electrons. The molecule has 0 heterocycles. The van der Waals surface area contributed by atoms with E-state index in [1.165, 1.54) is 0 Å². The number of hydrogen-bond donors (Lipinski definition) is 1. The highest BCUT2D eigenvalue weighted by Gasteiger charge is 2.12. The van der Waals surface area contributed by atoms with Gasteiger partial charge in [-0.15, -0.1) is 0 Å². The first kappa shape index (κ1) is 15.2. The molecule has 1 unspecified atom stereocenters. The molecule has 0 spiro atoms. The van der Waals surface area contributed by atoms with E-state index >= 15 is 0 Å². The van der Waals surface area contributed by atoms with Crippen LogP contribution < -0.4 is 19.9 Å². The van der Waals surface area contributed by atoms with Crippen LogP contribution in [-0.4, -0.2) is 20.3 Å². The zero-order chi connectivity index (χ0) is 15.1. The maximum atomic E-state index is 5.96. The molecule has 0 aliphatic heterocycles. The Balaban J connectivity index is 2.12. The van der Waals surface area contributed by atoms with Gasteiger partial charge in [-0.05, 0) is 36.8 Å². The molecule has 4 nitrogen and oxygen atoms in total. The van der Waals surface area contributed by atoms with E-state index in [9.17, 15) is 0 Å². The number of ether oxygens (including phenoxy) is 3. The number of nitrogens with two attached hydrogens (primary N) is 1. The Hall–Kier alpha value is -2.20. The summed E-state index contributed by atoms with van der Waals surface area (Å²) in [5.41, 5.74) is 6.85. The fourth-order valence-electron chi connectivity index (χ4n) is 2.04. The molecule has 0 aromatic heterocycles. The highest BCUT2D eigenvalue weighted by Crippen LogP contribution is 2.26. The van der Waals surface area contributed by atoms with Crippen LogP contribution in [0.4, 0.5) is 0 Å². The van der Waals surface area contributed by atoms with Gasteiger partial charge in [0.2, 0.25) is 0 Å². The maximum Gasteiger partial charge on any atom is 0.136 e. The Labute approximate surface area is 125 Å². The van der Waals surface area contributed by atoms with Crippen molar-refractivity contribution < 1.29 is 14.2 Å². The zero-order valence-corrected chi connectivity index (χ0v) is 12.4. The third-order valence-corrected chi connectivity index (χ3v) is 3.10. The summed E-state index contributed by atoms with van der Waals surface area (Å²) < 4.78 is 16.6. The van der Waals surface area contributed by atoms with Crippen LogP contribution >= 0.6 is 0 Å². The summed E-state index contributed by atoms with van der Waals surface area (Å²) in [6.45, 7) is 2.97. The van der Waals surface area contributed by atoms with Crippen LogP contribution in [0.15, 0.2) is 48.5 Å². The van der Waals surface area contributed by atoms with E-state index in [0.717, 1.165) is 22.8 Å². The number of hydrogen-bond acceptors (Lipinski definition) is 4. The molecule has 2 rings (SSSR count). The van der Waals surface area contributed by atoms with Crippen LogP contribution in [0, 0.1) is 0 Å². The van der Waals surface area contributed by atoms with E-state index in [2.05, 4.69) is 0 Å². The van der Waals surface area contributed by atoms with Crippen molar-refractivity contribution in [3.8, 4) is 17.2 Å². The second-order valence-corrected chi connectivity index (χ2v) is 4.52. The Morgan fingerprint density at radius 3 is 2.33 bits per heavy atom. The quantitative estimate of drug-likeness (QED) is 0.850. The van der Waals surface area contributed by atoms with Gasteiger partial charge in [-0.3, -0.25) is 0 Å². The number of benzene rings is 2. The Morgan fingerprint density at radius 1 is 1.00 bits per heavy atom. The van der Waals surface area contributed by atoms with E-state index in [0.29, 0.717) is 13.2 Å². The van der Waals surface area contributed by atoms with E-state index in [-0.39, 0.29) is 6.10 Å². The minimum atomic E-state index is -0.201. The van der Waals surface area contributed by atoms with Crippen molar-refractivity contribution in [3.05, 3.63) is 54.1 Å². The van der Waals surface area contributed by atoms with Crippen molar-refractivity contribution in [2.45, 2.75) is 13.0 Å². The third kappa shape index (κ3) is 4.13. The Kier molecular flexibility index (Phi) is 5.46. The molecule has 0 aliphatic carbocycles. The molecule has 0 saturated heterocycles. The Bertz CT molecular complexity index is 554. The second kappa shape index (κ2) is 7.55. The van der Waals surface area contributed by atoms with E-state index < -0.39 is 0 Å². The predicted octanol–water partition coefficient (Wildman–Crippen LogP) is 3.17. The molecule has 0 saturated carbocycles. The van der Waals surface area contributed by atoms with E-state index in [1.54, 1.807) is 7.11 Å². The average Bonchev–Trinajstić information content (AvgIpc) is 2.53. The summed E-state index contributed by atoms with van der Waals surface area (Å²) in [5, 5.41) is 0. The van der Waals surface area contributed by atoms with Crippen LogP contribution in [0.5, 0.6) is 17.2 Å². The van der Waals surface area contributed by atoms with E-state index in [1.807, 2.05) is 55.5 Å². The summed E-state index contributed by atoms with van der Waals surface area (Å²) in [7, 11) is 1.64. The van der Waals surface area contributed by atoms with E-state index in [4.69, 9.17) is 19.9 Å². The van der Waals surface area contributed by atoms with Crippen LogP contribution in [0.25, 0.3) is 0 Å². The first-order valence-electron chi connectivity index (χ1n) is 7.00. The molecule has 0 aliphatic rings. The van der Waals surface area contributed by atoms with Gasteiger partial charge in [0.15, 0.2) is 0 Å². The summed E-state index contributed by atoms with van der Waals surface area (Å²) >= 11 is 0. The molecule has 2 N–H and O–H groups in total. The molecule has 2 aromatic rings. The van der Waals surface area contributed by atoms with Gasteiger partial charge in [-0.1, -0.05) is 18.2 Å². The fourth-order valence-corrected chi connectivity index (χ4v) is 2.04. The third-order valence-electron chi connectivity index (χ3n) is 3.10. The standard InChI is InChI=1S/C17H21NO3/c1-3-20-15-5-4-6-16(11-15)21-17(12-18)13-7-9-14(19-2)10-8-13/h4-11,17H,3,12,18H2,1-2H3. The van der Waals surface area contributed by atoms with Crippen molar-refractivity contribution in [1.29, 1.82) is 0 Å². The Morgan fingerprint density at radius 2 is 1.71 bits per heavy atom. The average molecular weight is 287 g/mol. The molecule has 21 heavy (non-hydrogen) atoms. The largest absolute Gasteiger partial charge is 0.497 e.